The number of amides is 2. The van der Waals surface area contributed by atoms with Crippen LogP contribution < -0.4 is 11.1 Å². The molecule has 104 valence electrons. The van der Waals surface area contributed by atoms with Gasteiger partial charge in [0, 0.05) is 0 Å². The number of rotatable bonds is 7. The number of carbonyl (C=O) groups excluding carboxylic acids is 2. The molecule has 2 amide bonds. The molecule has 1 rings (SSSR count). The molecule has 0 atom stereocenters. The minimum Gasteiger partial charge on any atom is -0.480 e. The van der Waals surface area contributed by atoms with Gasteiger partial charge in [0.1, 0.15) is 5.00 Å². The lowest BCUT2D eigenvalue weighted by Gasteiger charge is -2.17. The highest BCUT2D eigenvalue weighted by Crippen LogP contribution is 2.22. The first kappa shape index (κ1) is 15.1. The number of hydrogen-bond donors (Lipinski definition) is 3. The maximum atomic E-state index is 11.7. The Morgan fingerprint density at radius 1 is 1.42 bits per heavy atom. The Kier molecular flexibility index (Phi) is 5.46. The summed E-state index contributed by atoms with van der Waals surface area (Å²) in [5.74, 6) is -1.99. The lowest BCUT2D eigenvalue weighted by molar-refractivity contribution is -0.138. The van der Waals surface area contributed by atoms with Gasteiger partial charge in [-0.15, -0.1) is 11.3 Å². The molecule has 0 spiro atoms. The molecule has 7 nitrogen and oxygen atoms in total. The molecule has 0 saturated heterocycles. The van der Waals surface area contributed by atoms with Crippen LogP contribution in [0.2, 0.25) is 0 Å². The Labute approximate surface area is 114 Å². The summed E-state index contributed by atoms with van der Waals surface area (Å²) in [6.07, 6.45) is 0. The predicted octanol–water partition coefficient (Wildman–Crippen LogP) is 0.192. The number of likely N-dealkylation sites (N-methyl/N-ethyl adjacent to an activating group) is 1. The quantitative estimate of drug-likeness (QED) is 0.662. The zero-order chi connectivity index (χ0) is 14.4. The standard InChI is InChI=1S/C11H15N3O4S/c1-2-14(6-9(16)17)5-8(15)13-11-7(10(12)18)3-4-19-11/h3-4H,2,5-6H2,1H3,(H2,12,18)(H,13,15)(H,16,17). The lowest BCUT2D eigenvalue weighted by Crippen LogP contribution is -2.36. The number of nitrogens with two attached hydrogens (primary N) is 1. The van der Waals surface area contributed by atoms with Crippen molar-refractivity contribution in [1.82, 2.24) is 4.90 Å². The van der Waals surface area contributed by atoms with Gasteiger partial charge in [0.05, 0.1) is 18.7 Å². The molecular weight excluding hydrogens is 270 g/mol. The molecule has 0 bridgehead atoms. The van der Waals surface area contributed by atoms with Crippen molar-refractivity contribution in [3.63, 3.8) is 0 Å². The summed E-state index contributed by atoms with van der Waals surface area (Å²) in [5.41, 5.74) is 5.41. The first-order chi connectivity index (χ1) is 8.93. The van der Waals surface area contributed by atoms with E-state index in [0.717, 1.165) is 0 Å². The minimum atomic E-state index is -0.997. The van der Waals surface area contributed by atoms with E-state index in [4.69, 9.17) is 10.8 Å². The molecule has 1 aromatic heterocycles. The van der Waals surface area contributed by atoms with Crippen molar-refractivity contribution in [2.45, 2.75) is 6.92 Å². The van der Waals surface area contributed by atoms with Crippen molar-refractivity contribution in [2.24, 2.45) is 5.73 Å². The minimum absolute atomic E-state index is 0.0566. The van der Waals surface area contributed by atoms with Crippen molar-refractivity contribution in [2.75, 3.05) is 25.0 Å². The van der Waals surface area contributed by atoms with Crippen LogP contribution in [0.25, 0.3) is 0 Å². The van der Waals surface area contributed by atoms with Gasteiger partial charge in [-0.2, -0.15) is 0 Å². The molecule has 1 aromatic rings. The highest BCUT2D eigenvalue weighted by Gasteiger charge is 2.15. The summed E-state index contributed by atoms with van der Waals surface area (Å²) in [5, 5.41) is 13.2. The van der Waals surface area contributed by atoms with Crippen molar-refractivity contribution in [3.8, 4) is 0 Å². The number of aliphatic carboxylic acids is 1. The number of nitrogens with zero attached hydrogens (tertiary/aromatic N) is 1. The van der Waals surface area contributed by atoms with Crippen molar-refractivity contribution in [1.29, 1.82) is 0 Å². The Balaban J connectivity index is 2.61. The van der Waals surface area contributed by atoms with E-state index < -0.39 is 11.9 Å². The van der Waals surface area contributed by atoms with E-state index in [-0.39, 0.29) is 24.6 Å². The van der Waals surface area contributed by atoms with E-state index in [1.54, 1.807) is 12.3 Å². The van der Waals surface area contributed by atoms with E-state index in [0.29, 0.717) is 11.5 Å². The number of carbonyl (C=O) groups is 3. The molecule has 0 radical (unpaired) electrons. The van der Waals surface area contributed by atoms with Crippen LogP contribution in [0, 0.1) is 0 Å². The average molecular weight is 285 g/mol. The van der Waals surface area contributed by atoms with E-state index in [9.17, 15) is 14.4 Å². The molecule has 0 fully saturated rings. The number of carboxylic acid groups (broad SMARTS) is 1. The zero-order valence-corrected chi connectivity index (χ0v) is 11.2. The first-order valence-electron chi connectivity index (χ1n) is 5.55. The molecule has 1 heterocycles. The van der Waals surface area contributed by atoms with Crippen LogP contribution in [0.3, 0.4) is 0 Å². The Hall–Kier alpha value is -1.93. The molecule has 0 aromatic carbocycles. The number of thiophene rings is 1. The zero-order valence-electron chi connectivity index (χ0n) is 10.4. The monoisotopic (exact) mass is 285 g/mol. The van der Waals surface area contributed by atoms with Gasteiger partial charge in [-0.1, -0.05) is 6.92 Å². The number of carboxylic acids is 1. The van der Waals surface area contributed by atoms with Crippen LogP contribution >= 0.6 is 11.3 Å². The van der Waals surface area contributed by atoms with Crippen LogP contribution in [0.1, 0.15) is 17.3 Å². The van der Waals surface area contributed by atoms with Crippen LogP contribution in [0.5, 0.6) is 0 Å². The van der Waals surface area contributed by atoms with E-state index >= 15 is 0 Å². The van der Waals surface area contributed by atoms with Crippen LogP contribution in [0.4, 0.5) is 5.00 Å². The molecule has 0 aliphatic carbocycles. The number of nitrogens with one attached hydrogen (secondary N) is 1. The van der Waals surface area contributed by atoms with Crippen molar-refractivity contribution >= 4 is 34.1 Å². The normalized spacial score (nSPS) is 10.4. The maximum Gasteiger partial charge on any atom is 0.317 e. The summed E-state index contributed by atoms with van der Waals surface area (Å²) < 4.78 is 0. The number of anilines is 1. The van der Waals surface area contributed by atoms with Gasteiger partial charge < -0.3 is 16.2 Å². The fourth-order valence-corrected chi connectivity index (χ4v) is 2.25. The summed E-state index contributed by atoms with van der Waals surface area (Å²) >= 11 is 1.19. The van der Waals surface area contributed by atoms with E-state index in [1.807, 2.05) is 0 Å². The summed E-state index contributed by atoms with van der Waals surface area (Å²) in [6, 6.07) is 1.53. The second kappa shape index (κ2) is 6.86. The molecule has 0 unspecified atom stereocenters. The third kappa shape index (κ3) is 4.68. The Morgan fingerprint density at radius 3 is 2.63 bits per heavy atom. The van der Waals surface area contributed by atoms with Gasteiger partial charge in [-0.05, 0) is 18.0 Å². The van der Waals surface area contributed by atoms with Gasteiger partial charge >= 0.3 is 5.97 Å². The lowest BCUT2D eigenvalue weighted by atomic mass is 10.3. The topological polar surface area (TPSA) is 113 Å². The molecule has 8 heteroatoms. The smallest absolute Gasteiger partial charge is 0.317 e. The fourth-order valence-electron chi connectivity index (χ4n) is 1.44. The molecule has 0 aliphatic heterocycles. The van der Waals surface area contributed by atoms with Crippen LogP contribution in [-0.4, -0.2) is 47.4 Å². The van der Waals surface area contributed by atoms with Gasteiger partial charge in [0.25, 0.3) is 5.91 Å². The van der Waals surface area contributed by atoms with Crippen molar-refractivity contribution < 1.29 is 19.5 Å². The highest BCUT2D eigenvalue weighted by atomic mass is 32.1. The summed E-state index contributed by atoms with van der Waals surface area (Å²) in [4.78, 5) is 34.9. The van der Waals surface area contributed by atoms with E-state index in [2.05, 4.69) is 5.32 Å². The van der Waals surface area contributed by atoms with Gasteiger partial charge in [0.2, 0.25) is 5.91 Å². The van der Waals surface area contributed by atoms with Gasteiger partial charge in [-0.3, -0.25) is 19.3 Å². The molecule has 0 aliphatic rings. The Bertz CT molecular complexity index is 486. The van der Waals surface area contributed by atoms with Crippen LogP contribution in [-0.2, 0) is 9.59 Å². The van der Waals surface area contributed by atoms with Gasteiger partial charge in [-0.25, -0.2) is 0 Å². The third-order valence-electron chi connectivity index (χ3n) is 2.36. The second-order valence-corrected chi connectivity index (χ2v) is 4.69. The summed E-state index contributed by atoms with van der Waals surface area (Å²) in [6.45, 7) is 1.93. The largest absolute Gasteiger partial charge is 0.480 e. The average Bonchev–Trinajstić information content (AvgIpc) is 2.75. The fraction of sp³-hybridized carbons (Fsp3) is 0.364. The SMILES string of the molecule is CCN(CC(=O)O)CC(=O)Nc1sccc1C(N)=O. The highest BCUT2D eigenvalue weighted by molar-refractivity contribution is 7.14. The maximum absolute atomic E-state index is 11.7. The molecule has 0 saturated carbocycles. The Morgan fingerprint density at radius 2 is 2.11 bits per heavy atom. The van der Waals surface area contributed by atoms with Gasteiger partial charge in [0.15, 0.2) is 0 Å². The molecule has 19 heavy (non-hydrogen) atoms. The first-order valence-corrected chi connectivity index (χ1v) is 6.43. The third-order valence-corrected chi connectivity index (χ3v) is 3.19. The number of hydrogen-bond acceptors (Lipinski definition) is 5. The predicted molar refractivity (Wildman–Crippen MR) is 71.2 cm³/mol. The molecular formula is C11H15N3O4S. The van der Waals surface area contributed by atoms with Crippen LogP contribution in [0.15, 0.2) is 11.4 Å². The second-order valence-electron chi connectivity index (χ2n) is 3.77. The number of primary amides is 1. The van der Waals surface area contributed by atoms with E-state index in [1.165, 1.54) is 22.3 Å². The summed E-state index contributed by atoms with van der Waals surface area (Å²) in [7, 11) is 0. The molecule has 4 N–H and O–H groups in total. The van der Waals surface area contributed by atoms with Crippen molar-refractivity contribution in [3.05, 3.63) is 17.0 Å².